The van der Waals surface area contributed by atoms with Gasteiger partial charge < -0.3 is 5.11 Å². The highest BCUT2D eigenvalue weighted by Crippen LogP contribution is 2.34. The van der Waals surface area contributed by atoms with Crippen LogP contribution in [0, 0.1) is 6.92 Å². The number of carboxylic acids is 1. The molecule has 1 heterocycles. The summed E-state index contributed by atoms with van der Waals surface area (Å²) in [6, 6.07) is 5.18. The molecule has 0 saturated heterocycles. The highest BCUT2D eigenvalue weighted by atomic mass is 32.2. The van der Waals surface area contributed by atoms with Gasteiger partial charge in [0.2, 0.25) is 10.0 Å². The van der Waals surface area contributed by atoms with Crippen LogP contribution in [-0.4, -0.2) is 26.0 Å². The van der Waals surface area contributed by atoms with E-state index in [9.17, 15) is 13.2 Å². The molecule has 16 heavy (non-hydrogen) atoms. The second-order valence-corrected chi connectivity index (χ2v) is 5.62. The normalized spacial score (nSPS) is 17.2. The van der Waals surface area contributed by atoms with Gasteiger partial charge in [-0.1, -0.05) is 12.1 Å². The molecule has 1 aromatic rings. The topological polar surface area (TPSA) is 74.7 Å². The summed E-state index contributed by atoms with van der Waals surface area (Å²) in [7, 11) is -3.51. The van der Waals surface area contributed by atoms with E-state index in [1.165, 1.54) is 0 Å². The van der Waals surface area contributed by atoms with Crippen LogP contribution in [0.1, 0.15) is 11.1 Å². The van der Waals surface area contributed by atoms with Crippen molar-refractivity contribution in [2.24, 2.45) is 0 Å². The fourth-order valence-electron chi connectivity index (χ4n) is 1.82. The van der Waals surface area contributed by atoms with Gasteiger partial charge in [-0.05, 0) is 24.1 Å². The average Bonchev–Trinajstić information content (AvgIpc) is 2.41. The lowest BCUT2D eigenvalue weighted by Crippen LogP contribution is -2.32. The second-order valence-electron chi connectivity index (χ2n) is 3.73. The van der Waals surface area contributed by atoms with Gasteiger partial charge in [0.25, 0.3) is 0 Å². The first-order valence-electron chi connectivity index (χ1n) is 4.72. The largest absolute Gasteiger partial charge is 0.480 e. The molecule has 0 amide bonds. The Balaban J connectivity index is 2.54. The second kappa shape index (κ2) is 3.48. The molecule has 0 fully saturated rings. The van der Waals surface area contributed by atoms with Crippen molar-refractivity contribution in [2.45, 2.75) is 12.7 Å². The quantitative estimate of drug-likeness (QED) is 0.828. The number of hydrogen-bond acceptors (Lipinski definition) is 3. The fraction of sp³-hybridized carbons (Fsp3) is 0.300. The van der Waals surface area contributed by atoms with Crippen molar-refractivity contribution in [3.8, 4) is 0 Å². The van der Waals surface area contributed by atoms with E-state index >= 15 is 0 Å². The molecule has 0 bridgehead atoms. The van der Waals surface area contributed by atoms with E-state index in [0.717, 1.165) is 9.87 Å². The van der Waals surface area contributed by atoms with Crippen molar-refractivity contribution >= 4 is 21.7 Å². The number of sulfonamides is 1. The van der Waals surface area contributed by atoms with Gasteiger partial charge in [0.1, 0.15) is 6.54 Å². The third kappa shape index (κ3) is 1.65. The average molecular weight is 241 g/mol. The standard InChI is InChI=1S/C10H11NO4S/c1-7-3-2-4-9-8(7)6-16(14,15)11(9)5-10(12)13/h2-4H,5-6H2,1H3,(H,12,13). The third-order valence-electron chi connectivity index (χ3n) is 2.60. The monoisotopic (exact) mass is 241 g/mol. The van der Waals surface area contributed by atoms with Crippen LogP contribution in [0.15, 0.2) is 18.2 Å². The van der Waals surface area contributed by atoms with Gasteiger partial charge in [-0.15, -0.1) is 0 Å². The maximum atomic E-state index is 11.8. The number of fused-ring (bicyclic) bond motifs is 1. The fourth-order valence-corrected chi connectivity index (χ4v) is 3.50. The number of hydrogen-bond donors (Lipinski definition) is 1. The summed E-state index contributed by atoms with van der Waals surface area (Å²) in [5.74, 6) is -1.26. The Bertz CT molecular complexity index is 550. The maximum absolute atomic E-state index is 11.8. The highest BCUT2D eigenvalue weighted by Gasteiger charge is 2.34. The Labute approximate surface area is 93.4 Å². The lowest BCUT2D eigenvalue weighted by molar-refractivity contribution is -0.135. The molecule has 0 aromatic heterocycles. The summed E-state index contributed by atoms with van der Waals surface area (Å²) in [4.78, 5) is 10.6. The number of benzene rings is 1. The highest BCUT2D eigenvalue weighted by molar-refractivity contribution is 7.92. The minimum atomic E-state index is -3.51. The van der Waals surface area contributed by atoms with E-state index in [4.69, 9.17) is 5.11 Å². The molecule has 0 spiro atoms. The first-order chi connectivity index (χ1) is 7.42. The number of aryl methyl sites for hydroxylation is 1. The lowest BCUT2D eigenvalue weighted by atomic mass is 10.1. The smallest absolute Gasteiger partial charge is 0.324 e. The number of nitrogens with zero attached hydrogens (tertiary/aromatic N) is 1. The van der Waals surface area contributed by atoms with Crippen LogP contribution in [0.3, 0.4) is 0 Å². The predicted molar refractivity (Wildman–Crippen MR) is 58.8 cm³/mol. The third-order valence-corrected chi connectivity index (χ3v) is 4.25. The zero-order valence-electron chi connectivity index (χ0n) is 8.67. The maximum Gasteiger partial charge on any atom is 0.324 e. The van der Waals surface area contributed by atoms with Crippen molar-refractivity contribution in [1.82, 2.24) is 0 Å². The van der Waals surface area contributed by atoms with E-state index in [1.54, 1.807) is 12.1 Å². The Morgan fingerprint density at radius 3 is 2.81 bits per heavy atom. The van der Waals surface area contributed by atoms with Crippen molar-refractivity contribution in [1.29, 1.82) is 0 Å². The molecule has 0 saturated carbocycles. The van der Waals surface area contributed by atoms with Gasteiger partial charge in [-0.3, -0.25) is 9.10 Å². The Kier molecular flexibility index (Phi) is 2.38. The molecular weight excluding hydrogens is 230 g/mol. The molecule has 6 heteroatoms. The summed E-state index contributed by atoms with van der Waals surface area (Å²) in [6.07, 6.45) is 0. The zero-order valence-corrected chi connectivity index (χ0v) is 9.49. The van der Waals surface area contributed by atoms with Crippen LogP contribution >= 0.6 is 0 Å². The summed E-state index contributed by atoms with van der Waals surface area (Å²) in [5, 5.41) is 8.69. The van der Waals surface area contributed by atoms with Crippen LogP contribution in [-0.2, 0) is 20.6 Å². The molecule has 1 N–H and O–H groups in total. The van der Waals surface area contributed by atoms with E-state index in [-0.39, 0.29) is 5.75 Å². The van der Waals surface area contributed by atoms with Gasteiger partial charge >= 0.3 is 5.97 Å². The van der Waals surface area contributed by atoms with E-state index in [0.29, 0.717) is 11.3 Å². The SMILES string of the molecule is Cc1cccc2c1CS(=O)(=O)N2CC(=O)O. The summed E-state index contributed by atoms with van der Waals surface area (Å²) >= 11 is 0. The molecule has 0 radical (unpaired) electrons. The van der Waals surface area contributed by atoms with Crippen LogP contribution in [0.2, 0.25) is 0 Å². The van der Waals surface area contributed by atoms with E-state index in [1.807, 2.05) is 13.0 Å². The number of rotatable bonds is 2. The van der Waals surface area contributed by atoms with Crippen LogP contribution in [0.5, 0.6) is 0 Å². The minimum absolute atomic E-state index is 0.109. The van der Waals surface area contributed by atoms with Gasteiger partial charge in [0.05, 0.1) is 11.4 Å². The number of aliphatic carboxylic acids is 1. The van der Waals surface area contributed by atoms with Crippen LogP contribution < -0.4 is 4.31 Å². The Morgan fingerprint density at radius 2 is 2.19 bits per heavy atom. The van der Waals surface area contributed by atoms with Gasteiger partial charge in [-0.25, -0.2) is 8.42 Å². The van der Waals surface area contributed by atoms with E-state index in [2.05, 4.69) is 0 Å². The minimum Gasteiger partial charge on any atom is -0.480 e. The molecule has 1 aliphatic rings. The van der Waals surface area contributed by atoms with Crippen molar-refractivity contribution < 1.29 is 18.3 Å². The number of carboxylic acid groups (broad SMARTS) is 1. The molecule has 0 unspecified atom stereocenters. The first-order valence-corrected chi connectivity index (χ1v) is 6.33. The van der Waals surface area contributed by atoms with Gasteiger partial charge in [-0.2, -0.15) is 0 Å². The Morgan fingerprint density at radius 1 is 1.50 bits per heavy atom. The summed E-state index contributed by atoms with van der Waals surface area (Å²) in [6.45, 7) is 1.30. The molecule has 2 rings (SSSR count). The molecule has 5 nitrogen and oxygen atoms in total. The molecule has 1 aromatic carbocycles. The summed E-state index contributed by atoms with van der Waals surface area (Å²) in [5.41, 5.74) is 2.06. The molecule has 0 atom stereocenters. The van der Waals surface area contributed by atoms with Crippen molar-refractivity contribution in [3.05, 3.63) is 29.3 Å². The number of anilines is 1. The van der Waals surface area contributed by atoms with E-state index < -0.39 is 22.5 Å². The van der Waals surface area contributed by atoms with Crippen molar-refractivity contribution in [2.75, 3.05) is 10.8 Å². The van der Waals surface area contributed by atoms with Crippen LogP contribution in [0.4, 0.5) is 5.69 Å². The zero-order chi connectivity index (χ0) is 11.9. The summed E-state index contributed by atoms with van der Waals surface area (Å²) < 4.78 is 24.5. The molecular formula is C10H11NO4S. The predicted octanol–water partition coefficient (Wildman–Crippen LogP) is 0.729. The lowest BCUT2D eigenvalue weighted by Gasteiger charge is -2.15. The number of carbonyl (C=O) groups is 1. The first kappa shape index (κ1) is 10.9. The van der Waals surface area contributed by atoms with Crippen LogP contribution in [0.25, 0.3) is 0 Å². The molecule has 1 aliphatic heterocycles. The Hall–Kier alpha value is -1.56. The van der Waals surface area contributed by atoms with Crippen molar-refractivity contribution in [3.63, 3.8) is 0 Å². The molecule has 86 valence electrons. The molecule has 0 aliphatic carbocycles. The van der Waals surface area contributed by atoms with Gasteiger partial charge in [0, 0.05) is 0 Å². The van der Waals surface area contributed by atoms with Gasteiger partial charge in [0.15, 0.2) is 0 Å².